The van der Waals surface area contributed by atoms with E-state index in [0.717, 1.165) is 96.6 Å². The first-order chi connectivity index (χ1) is 46.8. The minimum Gasteiger partial charge on any atom is -0.388 e. The van der Waals surface area contributed by atoms with Gasteiger partial charge in [0.2, 0.25) is 0 Å². The number of unbranched alkanes of at least 4 members (excludes halogenated alkanes) is 26. The minimum atomic E-state index is -0.993. The molecule has 6 unspecified atom stereocenters. The molecule has 0 amide bonds. The lowest BCUT2D eigenvalue weighted by atomic mass is 9.80. The molecule has 522 valence electrons. The van der Waals surface area contributed by atoms with E-state index < -0.39 is 29.5 Å². The zero-order chi connectivity index (χ0) is 67.0. The van der Waals surface area contributed by atoms with Crippen LogP contribution in [0.1, 0.15) is 299 Å². The van der Waals surface area contributed by atoms with Gasteiger partial charge in [-0.1, -0.05) is 421 Å². The van der Waals surface area contributed by atoms with E-state index in [1.54, 1.807) is 0 Å². The van der Waals surface area contributed by atoms with Gasteiger partial charge in [-0.3, -0.25) is 0 Å². The summed E-state index contributed by atoms with van der Waals surface area (Å²) in [5.74, 6) is 1.74. The number of aliphatic hydroxyl groups is 1. The van der Waals surface area contributed by atoms with Crippen LogP contribution in [0.25, 0.3) is 0 Å². The van der Waals surface area contributed by atoms with Gasteiger partial charge in [0, 0.05) is 6.61 Å². The molecule has 5 heteroatoms. The molecule has 6 aromatic rings. The van der Waals surface area contributed by atoms with Gasteiger partial charge in [-0.05, 0) is 77.3 Å². The van der Waals surface area contributed by atoms with Gasteiger partial charge < -0.3 is 24.1 Å². The first kappa shape index (κ1) is 78.9. The first-order valence-corrected chi connectivity index (χ1v) is 39.0. The van der Waals surface area contributed by atoms with Crippen molar-refractivity contribution < 1.29 is 24.1 Å². The number of aliphatic hydroxyl groups excluding tert-OH is 1. The van der Waals surface area contributed by atoms with E-state index in [-0.39, 0.29) is 19.3 Å². The second-order valence-electron chi connectivity index (χ2n) is 28.3. The number of ether oxygens (including phenoxy) is 4. The van der Waals surface area contributed by atoms with Gasteiger partial charge >= 0.3 is 0 Å². The topological polar surface area (TPSA) is 57.2 Å². The molecule has 0 aliphatic carbocycles. The van der Waals surface area contributed by atoms with Crippen LogP contribution in [0.4, 0.5) is 0 Å². The van der Waals surface area contributed by atoms with Gasteiger partial charge in [-0.15, -0.1) is 6.58 Å². The monoisotopic (exact) mass is 1290 g/mol. The Balaban J connectivity index is 1.24. The largest absolute Gasteiger partial charge is 0.388 e. The highest BCUT2D eigenvalue weighted by Gasteiger charge is 2.42. The molecule has 6 aromatic carbocycles. The molecular formula is C90H132O5. The molecule has 1 N–H and O–H groups in total. The zero-order valence-electron chi connectivity index (χ0n) is 60.4. The van der Waals surface area contributed by atoms with Gasteiger partial charge in [0.25, 0.3) is 0 Å². The summed E-state index contributed by atoms with van der Waals surface area (Å²) in [4.78, 5) is 0. The molecule has 5 nitrogen and oxygen atoms in total. The molecule has 6 rings (SSSR count). The van der Waals surface area contributed by atoms with Crippen molar-refractivity contribution in [3.8, 4) is 0 Å². The van der Waals surface area contributed by atoms with Crippen LogP contribution in [0.15, 0.2) is 195 Å². The fourth-order valence-electron chi connectivity index (χ4n) is 14.5. The Morgan fingerprint density at radius 3 is 0.905 bits per heavy atom. The predicted molar refractivity (Wildman–Crippen MR) is 405 cm³/mol. The third kappa shape index (κ3) is 29.1. The molecule has 0 spiro atoms. The molecule has 0 radical (unpaired) electrons. The zero-order valence-corrected chi connectivity index (χ0v) is 60.4. The summed E-state index contributed by atoms with van der Waals surface area (Å²) < 4.78 is 30.2. The van der Waals surface area contributed by atoms with Crippen molar-refractivity contribution in [2.24, 2.45) is 11.8 Å². The lowest BCUT2D eigenvalue weighted by Gasteiger charge is -2.40. The molecule has 0 aromatic heterocycles. The third-order valence-electron chi connectivity index (χ3n) is 20.3. The molecule has 0 aliphatic heterocycles. The van der Waals surface area contributed by atoms with Crippen LogP contribution in [0, 0.1) is 11.8 Å². The molecule has 0 fully saturated rings. The molecule has 6 atom stereocenters. The number of allylic oxidation sites excluding steroid dienone is 1. The van der Waals surface area contributed by atoms with Crippen LogP contribution in [0.3, 0.4) is 0 Å². The molecule has 95 heavy (non-hydrogen) atoms. The van der Waals surface area contributed by atoms with E-state index in [2.05, 4.69) is 216 Å². The molecular weight excluding hydrogens is 1160 g/mol. The van der Waals surface area contributed by atoms with E-state index in [4.69, 9.17) is 18.9 Å². The summed E-state index contributed by atoms with van der Waals surface area (Å²) in [6.45, 7) is 14.5. The van der Waals surface area contributed by atoms with Crippen LogP contribution in [0.5, 0.6) is 0 Å². The Labute approximate surface area is 581 Å². The molecule has 0 bridgehead atoms. The van der Waals surface area contributed by atoms with Gasteiger partial charge in [-0.2, -0.15) is 0 Å². The van der Waals surface area contributed by atoms with Crippen LogP contribution in [0.2, 0.25) is 0 Å². The van der Waals surface area contributed by atoms with Gasteiger partial charge in [-0.25, -0.2) is 0 Å². The van der Waals surface area contributed by atoms with E-state index in [0.29, 0.717) is 13.0 Å². The quantitative estimate of drug-likeness (QED) is 0.0234. The van der Waals surface area contributed by atoms with Crippen molar-refractivity contribution in [1.82, 2.24) is 0 Å². The van der Waals surface area contributed by atoms with Gasteiger partial charge in [0.05, 0.1) is 25.4 Å². The smallest absolute Gasteiger partial charge is 0.143 e. The van der Waals surface area contributed by atoms with Crippen LogP contribution < -0.4 is 0 Å². The highest BCUT2D eigenvalue weighted by molar-refractivity contribution is 5.49. The number of hydrogen-bond acceptors (Lipinski definition) is 5. The van der Waals surface area contributed by atoms with E-state index in [9.17, 15) is 5.11 Å². The molecule has 0 saturated heterocycles. The summed E-state index contributed by atoms with van der Waals surface area (Å²) in [6, 6.07) is 63.8. The van der Waals surface area contributed by atoms with Crippen LogP contribution in [-0.4, -0.2) is 49.3 Å². The van der Waals surface area contributed by atoms with Crippen LogP contribution in [-0.2, 0) is 30.1 Å². The standard InChI is InChI=1S/C90H132O5/c1-6-9-12-37-56-77(4)58-39-27-23-19-15-17-21-25-29-53-72-86(85(91)75-93-89(79-60-41-31-42-61-79,80-62-43-32-44-63-80)81-64-45-33-46-65-81)95-87(73-54-30-26-22-18-16-20-24-28-40-59-78(5)57-38-13-10-7-2)88(92-74-55-14-11-8-3)76-94-90(82-66-47-34-48-67-82,83-68-49-35-50-69-83)84-70-51-36-52-71-84/h8,31-36,41-52,60-71,77-78,85-88,91H,3,6-7,9-30,37-40,53-59,72-76H2,1-2,4-5H3. The summed E-state index contributed by atoms with van der Waals surface area (Å²) in [5, 5.41) is 13.2. The van der Waals surface area contributed by atoms with E-state index in [1.807, 2.05) is 6.08 Å². The van der Waals surface area contributed by atoms with Crippen molar-refractivity contribution >= 4 is 0 Å². The van der Waals surface area contributed by atoms with Crippen molar-refractivity contribution in [2.75, 3.05) is 19.8 Å². The number of rotatable bonds is 58. The Bertz CT molecular complexity index is 2520. The average Bonchev–Trinajstić information content (AvgIpc) is 0.769. The maximum atomic E-state index is 13.2. The summed E-state index contributed by atoms with van der Waals surface area (Å²) in [7, 11) is 0. The van der Waals surface area contributed by atoms with E-state index >= 15 is 0 Å². The molecule has 0 saturated carbocycles. The summed E-state index contributed by atoms with van der Waals surface area (Å²) in [6.07, 6.45) is 45.8. The number of hydrogen-bond donors (Lipinski definition) is 1. The normalized spacial score (nSPS) is 13.9. The maximum Gasteiger partial charge on any atom is 0.143 e. The second kappa shape index (κ2) is 49.4. The molecule has 0 aliphatic rings. The fourth-order valence-corrected chi connectivity index (χ4v) is 14.5. The highest BCUT2D eigenvalue weighted by Crippen LogP contribution is 2.43. The second-order valence-corrected chi connectivity index (χ2v) is 28.3. The highest BCUT2D eigenvalue weighted by atomic mass is 16.6. The van der Waals surface area contributed by atoms with Crippen molar-refractivity contribution in [2.45, 2.75) is 301 Å². The first-order valence-electron chi connectivity index (χ1n) is 39.0. The van der Waals surface area contributed by atoms with Crippen LogP contribution >= 0.6 is 0 Å². The average molecular weight is 1290 g/mol. The Hall–Kier alpha value is -5.14. The summed E-state index contributed by atoms with van der Waals surface area (Å²) in [5.41, 5.74) is 4.26. The van der Waals surface area contributed by atoms with Gasteiger partial charge in [0.1, 0.15) is 23.4 Å². The van der Waals surface area contributed by atoms with Crippen molar-refractivity contribution in [3.63, 3.8) is 0 Å². The van der Waals surface area contributed by atoms with E-state index in [1.165, 1.54) is 180 Å². The van der Waals surface area contributed by atoms with Crippen molar-refractivity contribution in [1.29, 1.82) is 0 Å². The summed E-state index contributed by atoms with van der Waals surface area (Å²) >= 11 is 0. The lowest BCUT2D eigenvalue weighted by Crippen LogP contribution is -2.46. The predicted octanol–water partition coefficient (Wildman–Crippen LogP) is 25.4. The van der Waals surface area contributed by atoms with Crippen molar-refractivity contribution in [3.05, 3.63) is 228 Å². The Morgan fingerprint density at radius 1 is 0.326 bits per heavy atom. The lowest BCUT2D eigenvalue weighted by molar-refractivity contribution is -0.173. The van der Waals surface area contributed by atoms with Gasteiger partial charge in [0.15, 0.2) is 0 Å². The molecule has 0 heterocycles. The maximum absolute atomic E-state index is 13.2. The third-order valence-corrected chi connectivity index (χ3v) is 20.3. The minimum absolute atomic E-state index is 0.0644. The Morgan fingerprint density at radius 2 is 0.600 bits per heavy atom. The SMILES string of the molecule is C=CCCCCOC(COC(c1ccccc1)(c1ccccc1)c1ccccc1)C(CCCCCCCCCCCCC(C)CCCCCC)OC(CCCCCCCCCCCCC(C)CCCCCC)C(O)COC(c1ccccc1)(c1ccccc1)c1ccccc1. The fraction of sp³-hybridized carbons (Fsp3) is 0.578. The Kier molecular flexibility index (Phi) is 41.0. The number of benzene rings is 6.